The van der Waals surface area contributed by atoms with Crippen molar-refractivity contribution in [2.75, 3.05) is 6.54 Å². The average molecular weight is 309 g/mol. The first-order valence-corrected chi connectivity index (χ1v) is 8.32. The third kappa shape index (κ3) is 5.57. The molecule has 0 aromatic heterocycles. The van der Waals surface area contributed by atoms with Crippen molar-refractivity contribution >= 4 is 16.1 Å². The number of urea groups is 1. The van der Waals surface area contributed by atoms with Crippen LogP contribution in [0.4, 0.5) is 4.79 Å². The first-order valence-electron chi connectivity index (χ1n) is 6.78. The molecule has 4 N–H and O–H groups in total. The average Bonchev–Trinajstić information content (AvgIpc) is 3.22. The molecule has 0 unspecified atom stereocenters. The van der Waals surface area contributed by atoms with Gasteiger partial charge in [-0.15, -0.1) is 0 Å². The van der Waals surface area contributed by atoms with Crippen LogP contribution in [-0.4, -0.2) is 21.0 Å². The molecule has 1 fully saturated rings. The molecule has 0 bridgehead atoms. The Hall–Kier alpha value is -1.86. The zero-order chi connectivity index (χ0) is 15.3. The molecule has 21 heavy (non-hydrogen) atoms. The van der Waals surface area contributed by atoms with E-state index in [1.54, 1.807) is 18.3 Å². The van der Waals surface area contributed by atoms with Crippen LogP contribution in [0.15, 0.2) is 41.4 Å². The van der Waals surface area contributed by atoms with Crippen molar-refractivity contribution < 1.29 is 13.2 Å². The lowest BCUT2D eigenvalue weighted by molar-refractivity contribution is 0.244. The van der Waals surface area contributed by atoms with Crippen LogP contribution in [-0.2, 0) is 16.4 Å². The molecule has 0 saturated heterocycles. The molecule has 2 rings (SSSR count). The van der Waals surface area contributed by atoms with E-state index in [4.69, 9.17) is 5.14 Å². The molecule has 0 aliphatic heterocycles. The molecular weight excluding hydrogens is 290 g/mol. The zero-order valence-corrected chi connectivity index (χ0v) is 12.4. The maximum absolute atomic E-state index is 11.5. The number of sulfonamides is 1. The van der Waals surface area contributed by atoms with Crippen LogP contribution in [0.5, 0.6) is 0 Å². The van der Waals surface area contributed by atoms with Gasteiger partial charge in [0.1, 0.15) is 0 Å². The summed E-state index contributed by atoms with van der Waals surface area (Å²) in [6.07, 6.45) is 6.69. The number of hydrogen-bond donors (Lipinski definition) is 3. The number of nitrogens with one attached hydrogen (secondary N) is 2. The summed E-state index contributed by atoms with van der Waals surface area (Å²) in [5.41, 5.74) is 0.927. The monoisotopic (exact) mass is 309 g/mol. The Balaban J connectivity index is 1.71. The second kappa shape index (κ2) is 6.73. The summed E-state index contributed by atoms with van der Waals surface area (Å²) in [4.78, 5) is 11.5. The highest BCUT2D eigenvalue weighted by molar-refractivity contribution is 7.89. The Morgan fingerprint density at radius 3 is 2.52 bits per heavy atom. The van der Waals surface area contributed by atoms with Gasteiger partial charge in [-0.1, -0.05) is 18.2 Å². The van der Waals surface area contributed by atoms with Gasteiger partial charge in [0.05, 0.1) is 4.90 Å². The van der Waals surface area contributed by atoms with E-state index in [0.29, 0.717) is 18.9 Å². The van der Waals surface area contributed by atoms with Gasteiger partial charge < -0.3 is 10.6 Å². The summed E-state index contributed by atoms with van der Waals surface area (Å²) in [5.74, 6) is 0.627. The molecule has 0 spiro atoms. The summed E-state index contributed by atoms with van der Waals surface area (Å²) in [7, 11) is -3.65. The van der Waals surface area contributed by atoms with Gasteiger partial charge in [-0.05, 0) is 42.9 Å². The van der Waals surface area contributed by atoms with E-state index in [1.807, 2.05) is 6.08 Å². The molecule has 2 amide bonds. The first-order chi connectivity index (χ1) is 9.95. The van der Waals surface area contributed by atoms with Crippen molar-refractivity contribution in [2.24, 2.45) is 11.1 Å². The summed E-state index contributed by atoms with van der Waals surface area (Å²) in [6.45, 7) is 0.470. The van der Waals surface area contributed by atoms with Crippen LogP contribution in [0.25, 0.3) is 0 Å². The molecule has 114 valence electrons. The zero-order valence-electron chi connectivity index (χ0n) is 11.6. The fraction of sp³-hybridized carbons (Fsp3) is 0.357. The maximum atomic E-state index is 11.5. The molecule has 1 aromatic rings. The van der Waals surface area contributed by atoms with Crippen molar-refractivity contribution in [3.8, 4) is 0 Å². The quantitative estimate of drug-likeness (QED) is 0.733. The molecule has 0 heterocycles. The Kier molecular flexibility index (Phi) is 4.98. The number of allylic oxidation sites excluding steroid dienone is 1. The van der Waals surface area contributed by atoms with Gasteiger partial charge >= 0.3 is 6.03 Å². The Labute approximate surface area is 124 Å². The number of rotatable bonds is 6. The van der Waals surface area contributed by atoms with Crippen LogP contribution in [0.3, 0.4) is 0 Å². The van der Waals surface area contributed by atoms with Gasteiger partial charge in [0.15, 0.2) is 0 Å². The van der Waals surface area contributed by atoms with Crippen LogP contribution in [0, 0.1) is 5.92 Å². The minimum absolute atomic E-state index is 0.0853. The fourth-order valence-electron chi connectivity index (χ4n) is 1.77. The minimum atomic E-state index is -3.65. The van der Waals surface area contributed by atoms with E-state index in [-0.39, 0.29) is 10.9 Å². The Bertz CT molecular complexity index is 619. The van der Waals surface area contributed by atoms with Gasteiger partial charge in [0.25, 0.3) is 0 Å². The van der Waals surface area contributed by atoms with Crippen molar-refractivity contribution in [1.29, 1.82) is 0 Å². The Morgan fingerprint density at radius 1 is 1.29 bits per heavy atom. The van der Waals surface area contributed by atoms with Crippen LogP contribution < -0.4 is 15.8 Å². The molecule has 1 aromatic carbocycles. The molecule has 1 aliphatic rings. The summed E-state index contributed by atoms with van der Waals surface area (Å²) in [6, 6.07) is 6.05. The Morgan fingerprint density at radius 2 is 1.95 bits per heavy atom. The highest BCUT2D eigenvalue weighted by Gasteiger charge is 2.16. The normalized spacial score (nSPS) is 15.1. The number of carbonyl (C=O) groups is 1. The van der Waals surface area contributed by atoms with E-state index >= 15 is 0 Å². The lowest BCUT2D eigenvalue weighted by atomic mass is 10.1. The smallest absolute Gasteiger partial charge is 0.318 e. The topological polar surface area (TPSA) is 101 Å². The predicted molar refractivity (Wildman–Crippen MR) is 79.9 cm³/mol. The SMILES string of the molecule is NS(=O)(=O)c1ccc(CCNC(=O)N/C=C/C2CC2)cc1. The number of carbonyl (C=O) groups excluding carboxylic acids is 1. The summed E-state index contributed by atoms with van der Waals surface area (Å²) >= 11 is 0. The van der Waals surface area contributed by atoms with Gasteiger partial charge in [-0.25, -0.2) is 18.4 Å². The van der Waals surface area contributed by atoms with E-state index in [2.05, 4.69) is 10.6 Å². The maximum Gasteiger partial charge on any atom is 0.318 e. The van der Waals surface area contributed by atoms with Crippen molar-refractivity contribution in [3.63, 3.8) is 0 Å². The molecule has 0 atom stereocenters. The molecule has 7 heteroatoms. The van der Waals surface area contributed by atoms with E-state index in [1.165, 1.54) is 25.0 Å². The molecular formula is C14H19N3O3S. The second-order valence-electron chi connectivity index (χ2n) is 5.04. The van der Waals surface area contributed by atoms with Gasteiger partial charge in [0, 0.05) is 12.7 Å². The lowest BCUT2D eigenvalue weighted by Crippen LogP contribution is -2.33. The van der Waals surface area contributed by atoms with Gasteiger partial charge in [-0.3, -0.25) is 0 Å². The number of hydrogen-bond acceptors (Lipinski definition) is 3. The van der Waals surface area contributed by atoms with Crippen LogP contribution in [0.2, 0.25) is 0 Å². The molecule has 0 radical (unpaired) electrons. The van der Waals surface area contributed by atoms with Crippen molar-refractivity contribution in [3.05, 3.63) is 42.1 Å². The summed E-state index contributed by atoms with van der Waals surface area (Å²) < 4.78 is 22.2. The highest BCUT2D eigenvalue weighted by atomic mass is 32.2. The number of benzene rings is 1. The van der Waals surface area contributed by atoms with Crippen molar-refractivity contribution in [1.82, 2.24) is 10.6 Å². The minimum Gasteiger partial charge on any atom is -0.338 e. The second-order valence-corrected chi connectivity index (χ2v) is 6.60. The molecule has 1 saturated carbocycles. The number of primary sulfonamides is 1. The number of amides is 2. The largest absolute Gasteiger partial charge is 0.338 e. The standard InChI is InChI=1S/C14H19N3O3S/c15-21(19,20)13-5-3-12(4-6-13)8-10-17-14(18)16-9-7-11-1-2-11/h3-7,9,11H,1-2,8,10H2,(H2,15,19,20)(H2,16,17,18)/b9-7+. The van der Waals surface area contributed by atoms with E-state index in [9.17, 15) is 13.2 Å². The molecule has 1 aliphatic carbocycles. The third-order valence-electron chi connectivity index (χ3n) is 3.16. The van der Waals surface area contributed by atoms with Gasteiger partial charge in [-0.2, -0.15) is 0 Å². The fourth-order valence-corrected chi connectivity index (χ4v) is 2.28. The molecule has 6 nitrogen and oxygen atoms in total. The first kappa shape index (κ1) is 15.5. The summed E-state index contributed by atoms with van der Waals surface area (Å²) in [5, 5.41) is 10.4. The van der Waals surface area contributed by atoms with Crippen LogP contribution in [0.1, 0.15) is 18.4 Å². The highest BCUT2D eigenvalue weighted by Crippen LogP contribution is 2.29. The van der Waals surface area contributed by atoms with E-state index in [0.717, 1.165) is 5.56 Å². The third-order valence-corrected chi connectivity index (χ3v) is 4.09. The number of nitrogens with two attached hydrogens (primary N) is 1. The lowest BCUT2D eigenvalue weighted by Gasteiger charge is -2.05. The van der Waals surface area contributed by atoms with E-state index < -0.39 is 10.0 Å². The predicted octanol–water partition coefficient (Wildman–Crippen LogP) is 1.10. The van der Waals surface area contributed by atoms with Crippen LogP contribution >= 0.6 is 0 Å². The van der Waals surface area contributed by atoms with Crippen molar-refractivity contribution in [2.45, 2.75) is 24.2 Å². The van der Waals surface area contributed by atoms with Gasteiger partial charge in [0.2, 0.25) is 10.0 Å².